The van der Waals surface area contributed by atoms with Crippen LogP contribution < -0.4 is 10.1 Å². The van der Waals surface area contributed by atoms with E-state index in [0.29, 0.717) is 18.2 Å². The van der Waals surface area contributed by atoms with Crippen molar-refractivity contribution in [3.63, 3.8) is 0 Å². The third kappa shape index (κ3) is 2.25. The molecule has 0 aromatic heterocycles. The molecule has 5 heteroatoms. The largest absolute Gasteiger partial charge is 0.489 e. The van der Waals surface area contributed by atoms with E-state index in [1.807, 2.05) is 23.1 Å². The zero-order chi connectivity index (χ0) is 14.2. The van der Waals surface area contributed by atoms with Gasteiger partial charge >= 0.3 is 0 Å². The van der Waals surface area contributed by atoms with E-state index in [1.165, 1.54) is 19.4 Å². The van der Waals surface area contributed by atoms with Gasteiger partial charge in [0.15, 0.2) is 5.75 Å². The van der Waals surface area contributed by atoms with Gasteiger partial charge in [0.2, 0.25) is 0 Å². The maximum Gasteiger partial charge on any atom is 0.257 e. The number of nitrogens with zero attached hydrogens (tertiary/aromatic N) is 2. The fourth-order valence-corrected chi connectivity index (χ4v) is 3.68. The summed E-state index contributed by atoms with van der Waals surface area (Å²) in [6.07, 6.45) is 2.48. The fraction of sp³-hybridized carbons (Fsp3) is 0.562. The molecule has 0 aliphatic carbocycles. The van der Waals surface area contributed by atoms with E-state index < -0.39 is 0 Å². The molecule has 1 unspecified atom stereocenters. The van der Waals surface area contributed by atoms with Crippen molar-refractivity contribution in [1.82, 2.24) is 9.80 Å². The standard InChI is InChI=1S/C16H21N3O2/c20-16(19-9-8-18-7-2-3-12(18)11-19)13-4-1-5-14-15(13)21-10-6-17-14/h1,4-5,12,17H,2-3,6-11H2. The van der Waals surface area contributed by atoms with Crippen LogP contribution in [0.1, 0.15) is 23.2 Å². The van der Waals surface area contributed by atoms with Crippen LogP contribution in [-0.4, -0.2) is 61.1 Å². The number of para-hydroxylation sites is 1. The molecule has 3 aliphatic rings. The first-order chi connectivity index (χ1) is 10.3. The monoisotopic (exact) mass is 287 g/mol. The third-order valence-electron chi connectivity index (χ3n) is 4.78. The van der Waals surface area contributed by atoms with E-state index in [1.54, 1.807) is 0 Å². The Balaban J connectivity index is 1.57. The van der Waals surface area contributed by atoms with Crippen LogP contribution >= 0.6 is 0 Å². The van der Waals surface area contributed by atoms with Crippen molar-refractivity contribution < 1.29 is 9.53 Å². The molecule has 4 rings (SSSR count). The summed E-state index contributed by atoms with van der Waals surface area (Å²) in [7, 11) is 0. The lowest BCUT2D eigenvalue weighted by Crippen LogP contribution is -2.52. The average Bonchev–Trinajstić information content (AvgIpc) is 3.01. The molecule has 21 heavy (non-hydrogen) atoms. The Kier molecular flexibility index (Phi) is 3.22. The molecule has 0 saturated carbocycles. The zero-order valence-corrected chi connectivity index (χ0v) is 12.2. The Morgan fingerprint density at radius 2 is 2.24 bits per heavy atom. The van der Waals surface area contributed by atoms with Gasteiger partial charge in [-0.15, -0.1) is 0 Å². The molecule has 0 bridgehead atoms. The molecular formula is C16H21N3O2. The van der Waals surface area contributed by atoms with Gasteiger partial charge in [-0.1, -0.05) is 6.07 Å². The van der Waals surface area contributed by atoms with Crippen molar-refractivity contribution in [3.8, 4) is 5.75 Å². The molecule has 1 amide bonds. The zero-order valence-electron chi connectivity index (χ0n) is 12.2. The Bertz CT molecular complexity index is 560. The predicted molar refractivity (Wildman–Crippen MR) is 80.9 cm³/mol. The second-order valence-corrected chi connectivity index (χ2v) is 6.04. The summed E-state index contributed by atoms with van der Waals surface area (Å²) in [5, 5.41) is 3.29. The molecule has 2 saturated heterocycles. The van der Waals surface area contributed by atoms with E-state index >= 15 is 0 Å². The summed E-state index contributed by atoms with van der Waals surface area (Å²) >= 11 is 0. The Hall–Kier alpha value is -1.75. The van der Waals surface area contributed by atoms with E-state index in [2.05, 4.69) is 10.2 Å². The van der Waals surface area contributed by atoms with Crippen molar-refractivity contribution in [2.75, 3.05) is 44.6 Å². The Morgan fingerprint density at radius 1 is 1.29 bits per heavy atom. The summed E-state index contributed by atoms with van der Waals surface area (Å²) < 4.78 is 5.73. The van der Waals surface area contributed by atoms with E-state index in [-0.39, 0.29) is 5.91 Å². The van der Waals surface area contributed by atoms with Gasteiger partial charge in [0.05, 0.1) is 11.3 Å². The second kappa shape index (κ2) is 5.22. The van der Waals surface area contributed by atoms with Crippen LogP contribution in [0.4, 0.5) is 5.69 Å². The average molecular weight is 287 g/mol. The van der Waals surface area contributed by atoms with Gasteiger partial charge < -0.3 is 15.0 Å². The number of benzene rings is 1. The predicted octanol–water partition coefficient (Wildman–Crippen LogP) is 1.41. The van der Waals surface area contributed by atoms with Gasteiger partial charge in [0.25, 0.3) is 5.91 Å². The number of piperazine rings is 1. The van der Waals surface area contributed by atoms with Crippen LogP contribution in [0.2, 0.25) is 0 Å². The van der Waals surface area contributed by atoms with Crippen molar-refractivity contribution in [1.29, 1.82) is 0 Å². The number of hydrogen-bond donors (Lipinski definition) is 1. The molecule has 1 aromatic rings. The van der Waals surface area contributed by atoms with Crippen LogP contribution in [0, 0.1) is 0 Å². The summed E-state index contributed by atoms with van der Waals surface area (Å²) in [5.41, 5.74) is 1.64. The number of rotatable bonds is 1. The summed E-state index contributed by atoms with van der Waals surface area (Å²) in [4.78, 5) is 17.4. The number of amides is 1. The summed E-state index contributed by atoms with van der Waals surface area (Å²) in [6.45, 7) is 5.30. The molecule has 112 valence electrons. The van der Waals surface area contributed by atoms with E-state index in [0.717, 1.165) is 37.6 Å². The molecule has 0 spiro atoms. The van der Waals surface area contributed by atoms with Gasteiger partial charge in [-0.3, -0.25) is 9.69 Å². The van der Waals surface area contributed by atoms with Gasteiger partial charge in [0, 0.05) is 32.2 Å². The number of fused-ring (bicyclic) bond motifs is 2. The van der Waals surface area contributed by atoms with Crippen molar-refractivity contribution in [2.24, 2.45) is 0 Å². The molecule has 3 heterocycles. The molecule has 2 fully saturated rings. The highest BCUT2D eigenvalue weighted by Crippen LogP contribution is 2.32. The minimum absolute atomic E-state index is 0.113. The van der Waals surface area contributed by atoms with Gasteiger partial charge in [-0.05, 0) is 31.5 Å². The lowest BCUT2D eigenvalue weighted by molar-refractivity contribution is 0.0567. The molecular weight excluding hydrogens is 266 g/mol. The fourth-order valence-electron chi connectivity index (χ4n) is 3.68. The second-order valence-electron chi connectivity index (χ2n) is 6.04. The molecule has 5 nitrogen and oxygen atoms in total. The topological polar surface area (TPSA) is 44.8 Å². The van der Waals surface area contributed by atoms with E-state index in [9.17, 15) is 4.79 Å². The van der Waals surface area contributed by atoms with Crippen LogP contribution in [0.25, 0.3) is 0 Å². The summed E-state index contributed by atoms with van der Waals surface area (Å²) in [6, 6.07) is 6.34. The van der Waals surface area contributed by atoms with Crippen molar-refractivity contribution >= 4 is 11.6 Å². The van der Waals surface area contributed by atoms with Gasteiger partial charge in [-0.25, -0.2) is 0 Å². The Labute approximate surface area is 124 Å². The van der Waals surface area contributed by atoms with Crippen molar-refractivity contribution in [3.05, 3.63) is 23.8 Å². The quantitative estimate of drug-likeness (QED) is 0.848. The highest BCUT2D eigenvalue weighted by Gasteiger charge is 2.33. The SMILES string of the molecule is O=C(c1cccc2c1OCCN2)N1CCN2CCCC2C1. The maximum atomic E-state index is 12.9. The minimum atomic E-state index is 0.113. The molecule has 3 aliphatic heterocycles. The first kappa shape index (κ1) is 13.0. The normalized spacial score (nSPS) is 24.8. The Morgan fingerprint density at radius 3 is 3.19 bits per heavy atom. The van der Waals surface area contributed by atoms with Crippen LogP contribution in [0.15, 0.2) is 18.2 Å². The van der Waals surface area contributed by atoms with Crippen molar-refractivity contribution in [2.45, 2.75) is 18.9 Å². The number of hydrogen-bond acceptors (Lipinski definition) is 4. The molecule has 1 atom stereocenters. The number of ether oxygens (including phenoxy) is 1. The van der Waals surface area contributed by atoms with Gasteiger partial charge in [-0.2, -0.15) is 0 Å². The first-order valence-electron chi connectivity index (χ1n) is 7.86. The lowest BCUT2D eigenvalue weighted by atomic mass is 10.1. The lowest BCUT2D eigenvalue weighted by Gasteiger charge is -2.37. The minimum Gasteiger partial charge on any atom is -0.489 e. The molecule has 0 radical (unpaired) electrons. The summed E-state index contributed by atoms with van der Waals surface area (Å²) in [5.74, 6) is 0.838. The third-order valence-corrected chi connectivity index (χ3v) is 4.78. The van der Waals surface area contributed by atoms with Gasteiger partial charge in [0.1, 0.15) is 6.61 Å². The van der Waals surface area contributed by atoms with Crippen LogP contribution in [-0.2, 0) is 0 Å². The highest BCUT2D eigenvalue weighted by molar-refractivity contribution is 5.99. The number of nitrogens with one attached hydrogen (secondary N) is 1. The number of carbonyl (C=O) groups excluding carboxylic acids is 1. The highest BCUT2D eigenvalue weighted by atomic mass is 16.5. The van der Waals surface area contributed by atoms with Crippen LogP contribution in [0.3, 0.4) is 0 Å². The van der Waals surface area contributed by atoms with Crippen LogP contribution in [0.5, 0.6) is 5.75 Å². The maximum absolute atomic E-state index is 12.9. The number of anilines is 1. The molecule has 1 N–H and O–H groups in total. The number of carbonyl (C=O) groups is 1. The molecule has 1 aromatic carbocycles. The first-order valence-corrected chi connectivity index (χ1v) is 7.86. The smallest absolute Gasteiger partial charge is 0.257 e. The van der Waals surface area contributed by atoms with E-state index in [4.69, 9.17) is 4.74 Å².